The number of aromatic amines is 1. The molecular weight excluding hydrogens is 435 g/mol. The van der Waals surface area contributed by atoms with Crippen molar-refractivity contribution in [1.29, 1.82) is 0 Å². The number of pyridine rings is 1. The lowest BCUT2D eigenvalue weighted by molar-refractivity contribution is -0.0110. The Bertz CT molecular complexity index is 1060. The maximum atomic E-state index is 14.5. The second-order valence-electron chi connectivity index (χ2n) is 8.42. The van der Waals surface area contributed by atoms with E-state index < -0.39 is 11.9 Å². The molecular formula is C22H28ClFN6O2. The van der Waals surface area contributed by atoms with Crippen LogP contribution in [0.5, 0.6) is 0 Å². The third-order valence-electron chi connectivity index (χ3n) is 5.42. The lowest BCUT2D eigenvalue weighted by atomic mass is 10.1. The van der Waals surface area contributed by atoms with Gasteiger partial charge in [0.2, 0.25) is 0 Å². The number of ether oxygens (including phenoxy) is 1. The molecule has 1 aliphatic heterocycles. The number of aromatic nitrogens is 4. The smallest absolute Gasteiger partial charge is 0.183 e. The van der Waals surface area contributed by atoms with Crippen LogP contribution in [0.2, 0.25) is 5.02 Å². The van der Waals surface area contributed by atoms with Gasteiger partial charge in [-0.15, -0.1) is 0 Å². The van der Waals surface area contributed by atoms with Gasteiger partial charge >= 0.3 is 0 Å². The molecule has 8 nitrogen and oxygen atoms in total. The number of hydrogen-bond acceptors (Lipinski definition) is 7. The molecule has 2 atom stereocenters. The van der Waals surface area contributed by atoms with E-state index in [0.717, 1.165) is 24.8 Å². The van der Waals surface area contributed by atoms with Gasteiger partial charge in [0, 0.05) is 42.5 Å². The van der Waals surface area contributed by atoms with Crippen molar-refractivity contribution in [3.8, 4) is 11.4 Å². The molecule has 4 heterocycles. The number of aliphatic hydroxyl groups is 1. The Morgan fingerprint density at radius 2 is 2.22 bits per heavy atom. The molecule has 1 fully saturated rings. The van der Waals surface area contributed by atoms with Gasteiger partial charge in [0.05, 0.1) is 30.0 Å². The zero-order valence-corrected chi connectivity index (χ0v) is 18.9. The van der Waals surface area contributed by atoms with Gasteiger partial charge in [0.25, 0.3) is 0 Å². The number of aliphatic hydroxyl groups excluding tert-OH is 1. The quantitative estimate of drug-likeness (QED) is 0.471. The molecule has 0 aromatic carbocycles. The largest absolute Gasteiger partial charge is 0.389 e. The fourth-order valence-corrected chi connectivity index (χ4v) is 4.11. The molecule has 1 aliphatic rings. The standard InChI is InChI=1S/C22H28ClFN6O2/c1-13(2)32-12-16(31)11-30-5-3-4-15(10-30)28-22-19(24)9-27-21(29-22)18-8-26-20-17(18)6-14(23)7-25-20/h6-9,13,15-16,31H,3-5,10-12H2,1-2H3,(H,25,26)(H,27,28,29). The highest BCUT2D eigenvalue weighted by molar-refractivity contribution is 6.31. The molecule has 0 amide bonds. The van der Waals surface area contributed by atoms with Crippen LogP contribution in [0, 0.1) is 5.82 Å². The number of nitrogens with one attached hydrogen (secondary N) is 2. The van der Waals surface area contributed by atoms with Crippen molar-refractivity contribution in [2.75, 3.05) is 31.6 Å². The van der Waals surface area contributed by atoms with E-state index in [-0.39, 0.29) is 18.0 Å². The number of halogens is 2. The fourth-order valence-electron chi connectivity index (χ4n) is 3.95. The summed E-state index contributed by atoms with van der Waals surface area (Å²) in [6, 6.07) is 1.79. The van der Waals surface area contributed by atoms with E-state index in [1.54, 1.807) is 18.5 Å². The summed E-state index contributed by atoms with van der Waals surface area (Å²) in [6.07, 6.45) is 5.84. The van der Waals surface area contributed by atoms with E-state index in [9.17, 15) is 9.50 Å². The molecule has 0 bridgehead atoms. The molecule has 0 saturated carbocycles. The van der Waals surface area contributed by atoms with Crippen LogP contribution >= 0.6 is 11.6 Å². The van der Waals surface area contributed by atoms with Crippen molar-refractivity contribution in [2.45, 2.75) is 44.9 Å². The SMILES string of the molecule is CC(C)OCC(O)CN1CCCC(Nc2nc(-c3c[nH]c4ncc(Cl)cc34)ncc2F)C1. The number of nitrogens with zero attached hydrogens (tertiary/aromatic N) is 4. The third-order valence-corrected chi connectivity index (χ3v) is 5.63. The van der Waals surface area contributed by atoms with Crippen LogP contribution in [-0.4, -0.2) is 74.4 Å². The topological polar surface area (TPSA) is 99.2 Å². The van der Waals surface area contributed by atoms with Crippen LogP contribution in [0.25, 0.3) is 22.4 Å². The Kier molecular flexibility index (Phi) is 7.20. The zero-order chi connectivity index (χ0) is 22.7. The summed E-state index contributed by atoms with van der Waals surface area (Å²) in [5.41, 5.74) is 1.37. The van der Waals surface area contributed by atoms with Crippen molar-refractivity contribution in [3.63, 3.8) is 0 Å². The zero-order valence-electron chi connectivity index (χ0n) is 18.2. The van der Waals surface area contributed by atoms with Crippen molar-refractivity contribution < 1.29 is 14.2 Å². The minimum atomic E-state index is -0.555. The van der Waals surface area contributed by atoms with E-state index >= 15 is 0 Å². The number of piperidine rings is 1. The minimum Gasteiger partial charge on any atom is -0.389 e. The summed E-state index contributed by atoms with van der Waals surface area (Å²) >= 11 is 6.09. The van der Waals surface area contributed by atoms with Gasteiger partial charge in [-0.3, -0.25) is 4.90 Å². The summed E-state index contributed by atoms with van der Waals surface area (Å²) < 4.78 is 20.0. The summed E-state index contributed by atoms with van der Waals surface area (Å²) in [7, 11) is 0. The van der Waals surface area contributed by atoms with Crippen LogP contribution in [0.3, 0.4) is 0 Å². The molecule has 0 spiro atoms. The summed E-state index contributed by atoms with van der Waals surface area (Å²) in [5, 5.41) is 14.7. The maximum absolute atomic E-state index is 14.5. The Balaban J connectivity index is 1.45. The second-order valence-corrected chi connectivity index (χ2v) is 8.86. The molecule has 1 saturated heterocycles. The molecule has 172 valence electrons. The third kappa shape index (κ3) is 5.53. The Morgan fingerprint density at radius 1 is 1.38 bits per heavy atom. The molecule has 0 radical (unpaired) electrons. The van der Waals surface area contributed by atoms with Gasteiger partial charge in [0.1, 0.15) is 5.65 Å². The highest BCUT2D eigenvalue weighted by atomic mass is 35.5. The first-order valence-corrected chi connectivity index (χ1v) is 11.2. The van der Waals surface area contributed by atoms with Gasteiger partial charge in [-0.1, -0.05) is 11.6 Å². The average molecular weight is 463 g/mol. The number of anilines is 1. The Morgan fingerprint density at radius 3 is 3.03 bits per heavy atom. The van der Waals surface area contributed by atoms with Crippen LogP contribution in [0.4, 0.5) is 10.2 Å². The van der Waals surface area contributed by atoms with Gasteiger partial charge in [-0.05, 0) is 39.3 Å². The highest BCUT2D eigenvalue weighted by Gasteiger charge is 2.24. The number of likely N-dealkylation sites (tertiary alicyclic amines) is 1. The van der Waals surface area contributed by atoms with Crippen molar-refractivity contribution in [2.24, 2.45) is 0 Å². The number of β-amino-alcohol motifs (C(OH)–C–C–N with tert-alkyl or cyclic N) is 1. The fraction of sp³-hybridized carbons (Fsp3) is 0.500. The maximum Gasteiger partial charge on any atom is 0.183 e. The predicted octanol–water partition coefficient (Wildman–Crippen LogP) is 3.47. The van der Waals surface area contributed by atoms with Crippen LogP contribution in [0.1, 0.15) is 26.7 Å². The number of H-pyrrole nitrogens is 1. The summed E-state index contributed by atoms with van der Waals surface area (Å²) in [4.78, 5) is 18.1. The second kappa shape index (κ2) is 10.1. The molecule has 3 aromatic rings. The van der Waals surface area contributed by atoms with Gasteiger partial charge in [-0.2, -0.15) is 0 Å². The van der Waals surface area contributed by atoms with E-state index in [1.165, 1.54) is 6.20 Å². The van der Waals surface area contributed by atoms with E-state index in [0.29, 0.717) is 41.8 Å². The molecule has 10 heteroatoms. The summed E-state index contributed by atoms with van der Waals surface area (Å²) in [6.45, 7) is 6.28. The Hall–Kier alpha value is -2.33. The first-order chi connectivity index (χ1) is 15.4. The Labute approximate surface area is 191 Å². The number of fused-ring (bicyclic) bond motifs is 1. The van der Waals surface area contributed by atoms with E-state index in [2.05, 4.69) is 30.2 Å². The van der Waals surface area contributed by atoms with Crippen LogP contribution in [-0.2, 0) is 4.74 Å². The van der Waals surface area contributed by atoms with Gasteiger partial charge in [0.15, 0.2) is 17.5 Å². The van der Waals surface area contributed by atoms with Crippen LogP contribution < -0.4 is 5.32 Å². The average Bonchev–Trinajstić information content (AvgIpc) is 3.17. The van der Waals surface area contributed by atoms with Crippen molar-refractivity contribution in [1.82, 2.24) is 24.8 Å². The van der Waals surface area contributed by atoms with Gasteiger partial charge in [-0.25, -0.2) is 19.3 Å². The summed E-state index contributed by atoms with van der Waals surface area (Å²) in [5.74, 6) is 0.0419. The van der Waals surface area contributed by atoms with Crippen molar-refractivity contribution in [3.05, 3.63) is 35.5 Å². The number of rotatable bonds is 8. The molecule has 3 aromatic heterocycles. The first kappa shape index (κ1) is 22.8. The van der Waals surface area contributed by atoms with Gasteiger partial charge < -0.3 is 20.1 Å². The molecule has 2 unspecified atom stereocenters. The molecule has 32 heavy (non-hydrogen) atoms. The van der Waals surface area contributed by atoms with E-state index in [1.807, 2.05) is 13.8 Å². The normalized spacial score (nSPS) is 18.4. The van der Waals surface area contributed by atoms with Crippen LogP contribution in [0.15, 0.2) is 24.7 Å². The lowest BCUT2D eigenvalue weighted by Gasteiger charge is -2.34. The molecule has 3 N–H and O–H groups in total. The molecule has 4 rings (SSSR count). The predicted molar refractivity (Wildman–Crippen MR) is 122 cm³/mol. The highest BCUT2D eigenvalue weighted by Crippen LogP contribution is 2.28. The molecule has 0 aliphatic carbocycles. The lowest BCUT2D eigenvalue weighted by Crippen LogP contribution is -2.46. The van der Waals surface area contributed by atoms with Crippen molar-refractivity contribution >= 4 is 28.5 Å². The van der Waals surface area contributed by atoms with E-state index in [4.69, 9.17) is 16.3 Å². The monoisotopic (exact) mass is 462 g/mol. The first-order valence-electron chi connectivity index (χ1n) is 10.8. The minimum absolute atomic E-state index is 0.0123. The number of hydrogen-bond donors (Lipinski definition) is 3.